The van der Waals surface area contributed by atoms with E-state index >= 15 is 0 Å². The molecule has 0 atom stereocenters. The van der Waals surface area contributed by atoms with Crippen LogP contribution in [-0.4, -0.2) is 35.7 Å². The van der Waals surface area contributed by atoms with Gasteiger partial charge in [0, 0.05) is 24.4 Å². The number of piperidine rings is 1. The molecule has 25 heavy (non-hydrogen) atoms. The van der Waals surface area contributed by atoms with Crippen LogP contribution in [0.1, 0.15) is 44.0 Å². The highest BCUT2D eigenvalue weighted by atomic mass is 19.1. The van der Waals surface area contributed by atoms with Crippen LogP contribution >= 0.6 is 0 Å². The molecule has 1 fully saturated rings. The maximum Gasteiger partial charge on any atom is 0.272 e. The van der Waals surface area contributed by atoms with Crippen LogP contribution in [0.5, 0.6) is 0 Å². The first kappa shape index (κ1) is 18.9. The minimum atomic E-state index is -0.702. The molecule has 1 aliphatic heterocycles. The molecule has 136 valence electrons. The number of nitrogens with zero attached hydrogens (tertiary/aromatic N) is 1. The molecule has 0 spiro atoms. The van der Waals surface area contributed by atoms with Gasteiger partial charge in [-0.05, 0) is 25.0 Å². The van der Waals surface area contributed by atoms with Crippen molar-refractivity contribution in [1.29, 1.82) is 0 Å². The molecule has 6 nitrogen and oxygen atoms in total. The summed E-state index contributed by atoms with van der Waals surface area (Å²) in [6.07, 6.45) is 1.06. The number of hydrogen-bond acceptors (Lipinski definition) is 3. The van der Waals surface area contributed by atoms with E-state index in [1.54, 1.807) is 11.0 Å². The molecule has 2 rings (SSSR count). The van der Waals surface area contributed by atoms with Gasteiger partial charge in [-0.25, -0.2) is 4.39 Å². The van der Waals surface area contributed by atoms with E-state index < -0.39 is 17.1 Å². The summed E-state index contributed by atoms with van der Waals surface area (Å²) in [5.74, 6) is -1.90. The predicted octanol–water partition coefficient (Wildman–Crippen LogP) is 1.87. The summed E-state index contributed by atoms with van der Waals surface area (Å²) in [4.78, 5) is 38.1. The van der Waals surface area contributed by atoms with Gasteiger partial charge in [0.1, 0.15) is 5.82 Å². The topological polar surface area (TPSA) is 78.5 Å². The molecule has 0 saturated carbocycles. The predicted molar refractivity (Wildman–Crippen MR) is 90.8 cm³/mol. The third kappa shape index (κ3) is 4.78. The van der Waals surface area contributed by atoms with Crippen molar-refractivity contribution in [1.82, 2.24) is 15.8 Å². The first-order valence-electron chi connectivity index (χ1n) is 8.34. The van der Waals surface area contributed by atoms with Crippen molar-refractivity contribution in [2.75, 3.05) is 13.1 Å². The Labute approximate surface area is 146 Å². The van der Waals surface area contributed by atoms with Crippen LogP contribution in [0.3, 0.4) is 0 Å². The van der Waals surface area contributed by atoms with Crippen molar-refractivity contribution in [2.45, 2.75) is 33.6 Å². The van der Waals surface area contributed by atoms with E-state index in [0.29, 0.717) is 25.9 Å². The van der Waals surface area contributed by atoms with E-state index in [-0.39, 0.29) is 23.3 Å². The second-order valence-corrected chi connectivity index (χ2v) is 7.24. The van der Waals surface area contributed by atoms with E-state index in [4.69, 9.17) is 0 Å². The number of likely N-dealkylation sites (tertiary alicyclic amines) is 1. The molecule has 1 aromatic rings. The summed E-state index contributed by atoms with van der Waals surface area (Å²) in [7, 11) is 0. The molecular formula is C18H24FN3O3. The maximum atomic E-state index is 13.5. The van der Waals surface area contributed by atoms with Gasteiger partial charge in [-0.2, -0.15) is 0 Å². The van der Waals surface area contributed by atoms with E-state index in [0.717, 1.165) is 0 Å². The summed E-state index contributed by atoms with van der Waals surface area (Å²) in [6.45, 7) is 6.62. The number of amides is 3. The van der Waals surface area contributed by atoms with E-state index in [1.807, 2.05) is 20.8 Å². The second kappa shape index (κ2) is 7.63. The number of carbonyl (C=O) groups excluding carboxylic acids is 3. The molecule has 2 N–H and O–H groups in total. The van der Waals surface area contributed by atoms with Gasteiger partial charge in [0.2, 0.25) is 11.8 Å². The maximum absolute atomic E-state index is 13.5. The lowest BCUT2D eigenvalue weighted by atomic mass is 9.91. The first-order chi connectivity index (χ1) is 11.7. The molecule has 1 saturated heterocycles. The fourth-order valence-corrected chi connectivity index (χ4v) is 2.75. The molecule has 1 aromatic carbocycles. The van der Waals surface area contributed by atoms with Crippen molar-refractivity contribution in [2.24, 2.45) is 11.3 Å². The number of halogens is 1. The Morgan fingerprint density at radius 3 is 2.24 bits per heavy atom. The fourth-order valence-electron chi connectivity index (χ4n) is 2.75. The van der Waals surface area contributed by atoms with Crippen LogP contribution in [0.4, 0.5) is 4.39 Å². The smallest absolute Gasteiger partial charge is 0.272 e. The van der Waals surface area contributed by atoms with Crippen LogP contribution in [-0.2, 0) is 9.59 Å². The number of rotatable bonds is 2. The van der Waals surface area contributed by atoms with Gasteiger partial charge in [0.25, 0.3) is 5.91 Å². The second-order valence-electron chi connectivity index (χ2n) is 7.24. The molecular weight excluding hydrogens is 325 g/mol. The minimum Gasteiger partial charge on any atom is -0.342 e. The Hall–Kier alpha value is -2.44. The summed E-state index contributed by atoms with van der Waals surface area (Å²) in [5, 5.41) is 0. The van der Waals surface area contributed by atoms with Crippen LogP contribution in [0, 0.1) is 17.2 Å². The number of benzene rings is 1. The highest BCUT2D eigenvalue weighted by molar-refractivity contribution is 5.95. The van der Waals surface area contributed by atoms with E-state index in [1.165, 1.54) is 18.2 Å². The lowest BCUT2D eigenvalue weighted by Crippen LogP contribution is -2.49. The minimum absolute atomic E-state index is 0.0687. The monoisotopic (exact) mass is 349 g/mol. The van der Waals surface area contributed by atoms with Crippen LogP contribution in [0.15, 0.2) is 24.3 Å². The van der Waals surface area contributed by atoms with E-state index in [2.05, 4.69) is 10.9 Å². The van der Waals surface area contributed by atoms with Gasteiger partial charge < -0.3 is 4.90 Å². The van der Waals surface area contributed by atoms with Crippen LogP contribution < -0.4 is 10.9 Å². The Kier molecular flexibility index (Phi) is 5.77. The molecule has 0 unspecified atom stereocenters. The SMILES string of the molecule is CC(C)(C)C(=O)N1CCC(C(=O)NNC(=O)c2ccccc2F)CC1. The van der Waals surface area contributed by atoms with Gasteiger partial charge in [-0.1, -0.05) is 32.9 Å². The van der Waals surface area contributed by atoms with Gasteiger partial charge in [-0.15, -0.1) is 0 Å². The lowest BCUT2D eigenvalue weighted by Gasteiger charge is -2.35. The Balaban J connectivity index is 1.82. The zero-order chi connectivity index (χ0) is 18.6. The number of nitrogens with one attached hydrogen (secondary N) is 2. The van der Waals surface area contributed by atoms with Crippen molar-refractivity contribution in [3.05, 3.63) is 35.6 Å². The average molecular weight is 349 g/mol. The van der Waals surface area contributed by atoms with Crippen LogP contribution in [0.25, 0.3) is 0 Å². The van der Waals surface area contributed by atoms with Gasteiger partial charge in [0.15, 0.2) is 0 Å². The molecule has 0 bridgehead atoms. The molecule has 0 aliphatic carbocycles. The van der Waals surface area contributed by atoms with Crippen molar-refractivity contribution in [3.63, 3.8) is 0 Å². The average Bonchev–Trinajstić information content (AvgIpc) is 2.58. The third-order valence-corrected chi connectivity index (χ3v) is 4.21. The normalized spacial score (nSPS) is 15.6. The summed E-state index contributed by atoms with van der Waals surface area (Å²) < 4.78 is 13.5. The van der Waals surface area contributed by atoms with E-state index in [9.17, 15) is 18.8 Å². The molecule has 1 heterocycles. The summed E-state index contributed by atoms with van der Waals surface area (Å²) >= 11 is 0. The number of hydrogen-bond donors (Lipinski definition) is 2. The summed E-state index contributed by atoms with van der Waals surface area (Å²) in [5.41, 5.74) is 4.01. The van der Waals surface area contributed by atoms with Gasteiger partial charge in [-0.3, -0.25) is 25.2 Å². The highest BCUT2D eigenvalue weighted by Gasteiger charge is 2.32. The fraction of sp³-hybridized carbons (Fsp3) is 0.500. The first-order valence-corrected chi connectivity index (χ1v) is 8.34. The molecule has 0 radical (unpaired) electrons. The largest absolute Gasteiger partial charge is 0.342 e. The molecule has 0 aromatic heterocycles. The zero-order valence-electron chi connectivity index (χ0n) is 14.8. The highest BCUT2D eigenvalue weighted by Crippen LogP contribution is 2.23. The molecule has 3 amide bonds. The number of hydrazine groups is 1. The van der Waals surface area contributed by atoms with Crippen molar-refractivity contribution >= 4 is 17.7 Å². The Morgan fingerprint density at radius 1 is 1.08 bits per heavy atom. The molecule has 1 aliphatic rings. The van der Waals surface area contributed by atoms with Gasteiger partial charge >= 0.3 is 0 Å². The Bertz CT molecular complexity index is 662. The Morgan fingerprint density at radius 2 is 1.68 bits per heavy atom. The van der Waals surface area contributed by atoms with Crippen molar-refractivity contribution in [3.8, 4) is 0 Å². The third-order valence-electron chi connectivity index (χ3n) is 4.21. The zero-order valence-corrected chi connectivity index (χ0v) is 14.8. The quantitative estimate of drug-likeness (QED) is 0.800. The number of carbonyl (C=O) groups is 3. The van der Waals surface area contributed by atoms with Gasteiger partial charge in [0.05, 0.1) is 5.56 Å². The van der Waals surface area contributed by atoms with Crippen LogP contribution in [0.2, 0.25) is 0 Å². The lowest BCUT2D eigenvalue weighted by molar-refractivity contribution is -0.142. The summed E-state index contributed by atoms with van der Waals surface area (Å²) in [6, 6.07) is 5.55. The van der Waals surface area contributed by atoms with Crippen molar-refractivity contribution < 1.29 is 18.8 Å². The molecule has 7 heteroatoms. The standard InChI is InChI=1S/C18H24FN3O3/c1-18(2,3)17(25)22-10-8-12(9-11-22)15(23)20-21-16(24)13-6-4-5-7-14(13)19/h4-7,12H,8-11H2,1-3H3,(H,20,23)(H,21,24).